The number of nitrogens with one attached hydrogen (secondary N) is 1. The number of aromatic amines is 1. The maximum Gasteiger partial charge on any atom is 0.260 e. The van der Waals surface area contributed by atoms with Crippen LogP contribution in [-0.2, 0) is 6.42 Å². The van der Waals surface area contributed by atoms with E-state index < -0.39 is 11.6 Å². The Kier molecular flexibility index (Phi) is 4.59. The van der Waals surface area contributed by atoms with Crippen molar-refractivity contribution in [1.29, 1.82) is 0 Å². The second kappa shape index (κ2) is 6.82. The van der Waals surface area contributed by atoms with Crippen LogP contribution in [0.4, 0.5) is 0 Å². The molecule has 0 saturated heterocycles. The largest absolute Gasteiger partial charge is 0.494 e. The van der Waals surface area contributed by atoms with Gasteiger partial charge >= 0.3 is 0 Å². The highest BCUT2D eigenvalue weighted by Gasteiger charge is 2.38. The topological polar surface area (TPSA) is 89.0 Å². The molecule has 9 heteroatoms. The van der Waals surface area contributed by atoms with E-state index in [4.69, 9.17) is 26.4 Å². The van der Waals surface area contributed by atoms with Crippen molar-refractivity contribution in [1.82, 2.24) is 14.5 Å². The molecule has 0 saturated carbocycles. The lowest BCUT2D eigenvalue weighted by atomic mass is 9.87. The average molecular weight is 405 g/mol. The molecule has 2 aromatic rings. The molecule has 28 heavy (non-hydrogen) atoms. The summed E-state index contributed by atoms with van der Waals surface area (Å²) in [5.41, 5.74) is 1.63. The summed E-state index contributed by atoms with van der Waals surface area (Å²) in [5, 5.41) is 11.0. The first kappa shape index (κ1) is 18.8. The van der Waals surface area contributed by atoms with Crippen molar-refractivity contribution < 1.29 is 19.3 Å². The van der Waals surface area contributed by atoms with Gasteiger partial charge in [-0.05, 0) is 51.2 Å². The Balaban J connectivity index is 2.03. The van der Waals surface area contributed by atoms with E-state index in [9.17, 15) is 9.90 Å². The Morgan fingerprint density at radius 1 is 1.36 bits per heavy atom. The number of methoxy groups -OCH3 is 1. The molecule has 0 unspecified atom stereocenters. The number of hydrogen-bond acceptors (Lipinski definition) is 7. The van der Waals surface area contributed by atoms with Gasteiger partial charge in [-0.2, -0.15) is 0 Å². The Morgan fingerprint density at radius 3 is 2.79 bits per heavy atom. The molecule has 0 aliphatic carbocycles. The molecule has 8 nitrogen and oxygen atoms in total. The van der Waals surface area contributed by atoms with E-state index in [0.717, 1.165) is 17.5 Å². The molecule has 1 atom stereocenters. The molecule has 2 aliphatic heterocycles. The maximum absolute atomic E-state index is 12.9. The highest BCUT2D eigenvalue weighted by atomic mass is 32.1. The predicted molar refractivity (Wildman–Crippen MR) is 105 cm³/mol. The molecule has 0 amide bonds. The number of benzene rings is 1. The highest BCUT2D eigenvalue weighted by molar-refractivity contribution is 7.71. The van der Waals surface area contributed by atoms with Gasteiger partial charge < -0.3 is 19.3 Å². The molecule has 2 N–H and O–H groups in total. The van der Waals surface area contributed by atoms with Crippen LogP contribution in [0.25, 0.3) is 0 Å². The molecule has 3 heterocycles. The van der Waals surface area contributed by atoms with Crippen LogP contribution in [0.1, 0.15) is 42.6 Å². The smallest absolute Gasteiger partial charge is 0.260 e. The molecule has 0 radical (unpaired) electrons. The van der Waals surface area contributed by atoms with Gasteiger partial charge in [-0.3, -0.25) is 19.2 Å². The zero-order chi connectivity index (χ0) is 20.2. The van der Waals surface area contributed by atoms with E-state index in [0.29, 0.717) is 23.8 Å². The maximum atomic E-state index is 12.9. The van der Waals surface area contributed by atoms with Crippen molar-refractivity contribution in [2.45, 2.75) is 32.4 Å². The summed E-state index contributed by atoms with van der Waals surface area (Å²) >= 11 is 5.26. The van der Waals surface area contributed by atoms with Crippen molar-refractivity contribution in [3.8, 4) is 23.1 Å². The van der Waals surface area contributed by atoms with E-state index >= 15 is 0 Å². The van der Waals surface area contributed by atoms with E-state index in [1.165, 1.54) is 0 Å². The normalized spacial score (nSPS) is 18.4. The Hall–Kier alpha value is -2.52. The van der Waals surface area contributed by atoms with Crippen LogP contribution in [0, 0.1) is 4.77 Å². The number of hydrogen-bond donors (Lipinski definition) is 2. The van der Waals surface area contributed by atoms with Gasteiger partial charge in [0.1, 0.15) is 0 Å². The summed E-state index contributed by atoms with van der Waals surface area (Å²) < 4.78 is 18.6. The number of rotatable bonds is 3. The lowest BCUT2D eigenvalue weighted by molar-refractivity contribution is 0.170. The van der Waals surface area contributed by atoms with Crippen LogP contribution in [0.15, 0.2) is 10.9 Å². The Labute approximate surface area is 167 Å². The monoisotopic (exact) mass is 405 g/mol. The summed E-state index contributed by atoms with van der Waals surface area (Å²) in [6.45, 7) is 4.62. The van der Waals surface area contributed by atoms with E-state index in [2.05, 4.69) is 4.98 Å². The van der Waals surface area contributed by atoms with Gasteiger partial charge in [-0.15, -0.1) is 0 Å². The fraction of sp³-hybridized carbons (Fsp3) is 0.474. The predicted octanol–water partition coefficient (Wildman–Crippen LogP) is 2.51. The SMILES string of the molecule is COc1c2c(cc3c1[C@H](c1c(O)n(C(C)C)c(=S)[nH]c1=O)N(C)CC3)OCO2. The third-order valence-corrected chi connectivity index (χ3v) is 5.64. The van der Waals surface area contributed by atoms with Gasteiger partial charge in [-0.25, -0.2) is 0 Å². The van der Waals surface area contributed by atoms with Crippen LogP contribution >= 0.6 is 12.2 Å². The summed E-state index contributed by atoms with van der Waals surface area (Å²) in [5.74, 6) is 1.55. The van der Waals surface area contributed by atoms with E-state index in [-0.39, 0.29) is 29.0 Å². The minimum absolute atomic E-state index is 0.116. The molecule has 1 aromatic heterocycles. The fourth-order valence-corrected chi connectivity index (χ4v) is 4.47. The zero-order valence-electron chi connectivity index (χ0n) is 16.2. The number of ether oxygens (including phenoxy) is 3. The van der Waals surface area contributed by atoms with Crippen molar-refractivity contribution >= 4 is 12.2 Å². The van der Waals surface area contributed by atoms with Crippen LogP contribution in [0.5, 0.6) is 23.1 Å². The standard InChI is InChI=1S/C19H23N3O5S/c1-9(2)22-18(24)13(17(23)20-19(22)28)14-12-10(5-6-21(14)3)7-11-15(16(12)25-4)27-8-26-11/h7,9,14,24H,5-6,8H2,1-4H3,(H,20,23,28)/t14-/m1/s1. The fourth-order valence-electron chi connectivity index (χ4n) is 4.08. The first-order chi connectivity index (χ1) is 13.3. The molecule has 1 aromatic carbocycles. The molecule has 150 valence electrons. The lowest BCUT2D eigenvalue weighted by Crippen LogP contribution is -2.37. The molecule has 0 spiro atoms. The molecule has 0 fully saturated rings. The van der Waals surface area contributed by atoms with Crippen molar-refractivity contribution in [2.75, 3.05) is 27.5 Å². The minimum atomic E-state index is -0.516. The number of aromatic nitrogens is 2. The van der Waals surface area contributed by atoms with Gasteiger partial charge in [0.15, 0.2) is 16.3 Å². The third-order valence-electron chi connectivity index (χ3n) is 5.34. The van der Waals surface area contributed by atoms with Crippen LogP contribution < -0.4 is 19.8 Å². The van der Waals surface area contributed by atoms with Crippen LogP contribution in [-0.4, -0.2) is 47.1 Å². The van der Waals surface area contributed by atoms with Gasteiger partial charge in [0.25, 0.3) is 5.56 Å². The van der Waals surface area contributed by atoms with E-state index in [1.54, 1.807) is 11.7 Å². The second-order valence-corrected chi connectivity index (χ2v) is 7.70. The lowest BCUT2D eigenvalue weighted by Gasteiger charge is -2.36. The number of nitrogens with zero attached hydrogens (tertiary/aromatic N) is 2. The molecule has 0 bridgehead atoms. The average Bonchev–Trinajstić information content (AvgIpc) is 3.09. The molecule has 4 rings (SSSR count). The van der Waals surface area contributed by atoms with Gasteiger partial charge in [-0.1, -0.05) is 0 Å². The summed E-state index contributed by atoms with van der Waals surface area (Å²) in [6, 6.07) is 1.30. The summed E-state index contributed by atoms with van der Waals surface area (Å²) in [7, 11) is 3.48. The van der Waals surface area contributed by atoms with Crippen molar-refractivity contribution in [3.63, 3.8) is 0 Å². The quantitative estimate of drug-likeness (QED) is 0.759. The molecular formula is C19H23N3O5S. The first-order valence-electron chi connectivity index (χ1n) is 9.12. The Morgan fingerprint density at radius 2 is 2.11 bits per heavy atom. The molecular weight excluding hydrogens is 382 g/mol. The van der Waals surface area contributed by atoms with Crippen LogP contribution in [0.2, 0.25) is 0 Å². The number of aromatic hydroxyl groups is 1. The number of likely N-dealkylation sites (N-methyl/N-ethyl adjacent to an activating group) is 1. The second-order valence-electron chi connectivity index (χ2n) is 7.31. The van der Waals surface area contributed by atoms with Crippen molar-refractivity contribution in [3.05, 3.63) is 37.9 Å². The van der Waals surface area contributed by atoms with Gasteiger partial charge in [0, 0.05) is 18.2 Å². The number of fused-ring (bicyclic) bond motifs is 2. The van der Waals surface area contributed by atoms with Gasteiger partial charge in [0.2, 0.25) is 18.4 Å². The van der Waals surface area contributed by atoms with E-state index in [1.807, 2.05) is 31.9 Å². The number of H-pyrrole nitrogens is 1. The Bertz CT molecular complexity index is 1060. The summed E-state index contributed by atoms with van der Waals surface area (Å²) in [4.78, 5) is 17.6. The third kappa shape index (κ3) is 2.68. The minimum Gasteiger partial charge on any atom is -0.494 e. The highest BCUT2D eigenvalue weighted by Crippen LogP contribution is 2.51. The first-order valence-corrected chi connectivity index (χ1v) is 9.53. The van der Waals surface area contributed by atoms with Crippen molar-refractivity contribution in [2.24, 2.45) is 0 Å². The van der Waals surface area contributed by atoms with Crippen LogP contribution in [0.3, 0.4) is 0 Å². The summed E-state index contributed by atoms with van der Waals surface area (Å²) in [6.07, 6.45) is 0.761. The zero-order valence-corrected chi connectivity index (χ0v) is 17.1. The van der Waals surface area contributed by atoms with Gasteiger partial charge in [0.05, 0.1) is 18.7 Å². The molecule has 2 aliphatic rings.